The average molecular weight is 428 g/mol. The van der Waals surface area contributed by atoms with E-state index in [2.05, 4.69) is 17.1 Å². The normalized spacial score (nSPS) is 10.0. The van der Waals surface area contributed by atoms with Crippen molar-refractivity contribution in [1.29, 1.82) is 0 Å². The molecule has 0 unspecified atom stereocenters. The monoisotopic (exact) mass is 427 g/mol. The maximum Gasteiger partial charge on any atom is 0.273 e. The second-order valence-corrected chi connectivity index (χ2v) is 6.92. The minimum atomic E-state index is -0.0760. The largest absolute Gasteiger partial charge is 0.462 e. The second-order valence-electron chi connectivity index (χ2n) is 5.72. The number of amides is 1. The molecule has 0 fully saturated rings. The summed E-state index contributed by atoms with van der Waals surface area (Å²) in [6, 6.07) is 13.8. The average Bonchev–Trinajstić information content (AvgIpc) is 3.28. The van der Waals surface area contributed by atoms with E-state index in [0.29, 0.717) is 31.1 Å². The van der Waals surface area contributed by atoms with Gasteiger partial charge in [0.2, 0.25) is 0 Å². The number of furan rings is 1. The van der Waals surface area contributed by atoms with Crippen molar-refractivity contribution >= 4 is 42.1 Å². The molecule has 5 nitrogen and oxygen atoms in total. The summed E-state index contributed by atoms with van der Waals surface area (Å²) in [5.74, 6) is 0.606. The Balaban J connectivity index is 0.00000182. The second kappa shape index (κ2) is 11.1. The summed E-state index contributed by atoms with van der Waals surface area (Å²) < 4.78 is 5.38. The molecular formula is C19H23Cl2N3O2S. The Morgan fingerprint density at radius 3 is 2.52 bits per heavy atom. The molecule has 0 atom stereocenters. The van der Waals surface area contributed by atoms with Crippen LogP contribution >= 0.6 is 36.2 Å². The predicted octanol–water partition coefficient (Wildman–Crippen LogP) is 4.20. The van der Waals surface area contributed by atoms with Gasteiger partial charge >= 0.3 is 0 Å². The molecule has 0 spiro atoms. The van der Waals surface area contributed by atoms with Crippen LogP contribution in [0.3, 0.4) is 0 Å². The van der Waals surface area contributed by atoms with Crippen molar-refractivity contribution in [2.75, 3.05) is 19.6 Å². The lowest BCUT2D eigenvalue weighted by atomic mass is 10.1. The van der Waals surface area contributed by atoms with Gasteiger partial charge in [-0.3, -0.25) is 4.79 Å². The van der Waals surface area contributed by atoms with E-state index in [1.807, 2.05) is 37.3 Å². The first-order chi connectivity index (χ1) is 12.2. The summed E-state index contributed by atoms with van der Waals surface area (Å²) in [5, 5.41) is 0.724. The smallest absolute Gasteiger partial charge is 0.273 e. The molecule has 0 radical (unpaired) electrons. The van der Waals surface area contributed by atoms with Crippen LogP contribution in [0.4, 0.5) is 0 Å². The van der Waals surface area contributed by atoms with Crippen LogP contribution in [0.25, 0.3) is 10.8 Å². The van der Waals surface area contributed by atoms with Gasteiger partial charge in [0.15, 0.2) is 10.8 Å². The van der Waals surface area contributed by atoms with Crippen molar-refractivity contribution in [2.45, 2.75) is 13.3 Å². The van der Waals surface area contributed by atoms with E-state index in [1.165, 1.54) is 16.9 Å². The van der Waals surface area contributed by atoms with Crippen LogP contribution in [0.1, 0.15) is 20.9 Å². The topological polar surface area (TPSA) is 72.4 Å². The Hall–Kier alpha value is -1.86. The molecule has 146 valence electrons. The van der Waals surface area contributed by atoms with Gasteiger partial charge in [-0.15, -0.1) is 36.2 Å². The zero-order chi connectivity index (χ0) is 17.6. The number of nitrogens with zero attached hydrogens (tertiary/aromatic N) is 2. The lowest BCUT2D eigenvalue weighted by Crippen LogP contribution is -2.37. The number of halogens is 2. The van der Waals surface area contributed by atoms with Crippen molar-refractivity contribution in [3.05, 3.63) is 64.9 Å². The number of benzene rings is 1. The van der Waals surface area contributed by atoms with E-state index in [1.54, 1.807) is 11.2 Å². The molecule has 2 heterocycles. The third-order valence-electron chi connectivity index (χ3n) is 3.93. The van der Waals surface area contributed by atoms with Crippen LogP contribution in [0.2, 0.25) is 0 Å². The maximum atomic E-state index is 12.9. The number of rotatable bonds is 7. The number of carbonyl (C=O) groups is 1. The van der Waals surface area contributed by atoms with Gasteiger partial charge in [0.05, 0.1) is 6.26 Å². The Bertz CT molecular complexity index is 823. The van der Waals surface area contributed by atoms with Crippen LogP contribution < -0.4 is 5.73 Å². The van der Waals surface area contributed by atoms with Crippen molar-refractivity contribution < 1.29 is 9.21 Å². The molecule has 27 heavy (non-hydrogen) atoms. The van der Waals surface area contributed by atoms with Gasteiger partial charge in [-0.25, -0.2) is 4.98 Å². The third kappa shape index (κ3) is 5.81. The standard InChI is InChI=1S/C19H21N3O2S.2ClH/c1-14-17(21-18(25-14)16-8-5-13-24-16)19(23)22(12-10-20)11-9-15-6-3-2-4-7-15;;/h2-8,13H,9-12,20H2,1H3;2*1H. The minimum Gasteiger partial charge on any atom is -0.462 e. The number of nitrogens with two attached hydrogens (primary N) is 1. The molecule has 0 saturated heterocycles. The van der Waals surface area contributed by atoms with Crippen LogP contribution in [-0.2, 0) is 6.42 Å². The summed E-state index contributed by atoms with van der Waals surface area (Å²) in [6.07, 6.45) is 2.40. The van der Waals surface area contributed by atoms with Crippen molar-refractivity contribution in [2.24, 2.45) is 5.73 Å². The summed E-state index contributed by atoms with van der Waals surface area (Å²) in [7, 11) is 0. The van der Waals surface area contributed by atoms with Gasteiger partial charge in [0.25, 0.3) is 5.91 Å². The molecule has 2 N–H and O–H groups in total. The molecule has 2 aromatic heterocycles. The fourth-order valence-corrected chi connectivity index (χ4v) is 3.50. The minimum absolute atomic E-state index is 0. The summed E-state index contributed by atoms with van der Waals surface area (Å²) in [6.45, 7) is 3.47. The van der Waals surface area contributed by atoms with Gasteiger partial charge in [0, 0.05) is 24.5 Å². The summed E-state index contributed by atoms with van der Waals surface area (Å²) in [5.41, 5.74) is 7.39. The quantitative estimate of drug-likeness (QED) is 0.612. The molecule has 8 heteroatoms. The predicted molar refractivity (Wildman–Crippen MR) is 114 cm³/mol. The summed E-state index contributed by atoms with van der Waals surface area (Å²) >= 11 is 1.47. The fourth-order valence-electron chi connectivity index (χ4n) is 2.63. The van der Waals surface area contributed by atoms with Gasteiger partial charge in [0.1, 0.15) is 5.69 Å². The molecule has 0 bridgehead atoms. The Morgan fingerprint density at radius 1 is 1.15 bits per heavy atom. The highest BCUT2D eigenvalue weighted by Crippen LogP contribution is 2.28. The molecule has 3 aromatic rings. The van der Waals surface area contributed by atoms with Crippen molar-refractivity contribution in [3.63, 3.8) is 0 Å². The highest BCUT2D eigenvalue weighted by Gasteiger charge is 2.22. The zero-order valence-corrected chi connectivity index (χ0v) is 17.4. The highest BCUT2D eigenvalue weighted by atomic mass is 35.5. The lowest BCUT2D eigenvalue weighted by Gasteiger charge is -2.21. The molecule has 0 saturated carbocycles. The van der Waals surface area contributed by atoms with Crippen LogP contribution in [0, 0.1) is 6.92 Å². The van der Waals surface area contributed by atoms with Crippen LogP contribution in [0.5, 0.6) is 0 Å². The van der Waals surface area contributed by atoms with Crippen molar-refractivity contribution in [3.8, 4) is 10.8 Å². The van der Waals surface area contributed by atoms with E-state index in [0.717, 1.165) is 16.3 Å². The molecule has 3 rings (SSSR count). The lowest BCUT2D eigenvalue weighted by molar-refractivity contribution is 0.0756. The first kappa shape index (κ1) is 23.2. The first-order valence-electron chi connectivity index (χ1n) is 8.23. The molecule has 0 aliphatic rings. The third-order valence-corrected chi connectivity index (χ3v) is 4.92. The van der Waals surface area contributed by atoms with Gasteiger partial charge < -0.3 is 15.1 Å². The van der Waals surface area contributed by atoms with E-state index in [-0.39, 0.29) is 30.7 Å². The Morgan fingerprint density at radius 2 is 1.89 bits per heavy atom. The number of hydrogen-bond donors (Lipinski definition) is 1. The zero-order valence-electron chi connectivity index (χ0n) is 15.0. The van der Waals surface area contributed by atoms with Gasteiger partial charge in [-0.2, -0.15) is 0 Å². The van der Waals surface area contributed by atoms with E-state index in [9.17, 15) is 4.79 Å². The maximum absolute atomic E-state index is 12.9. The number of hydrogen-bond acceptors (Lipinski definition) is 5. The van der Waals surface area contributed by atoms with E-state index in [4.69, 9.17) is 10.2 Å². The molecule has 1 aromatic carbocycles. The highest BCUT2D eigenvalue weighted by molar-refractivity contribution is 7.15. The number of aryl methyl sites for hydroxylation is 1. The van der Waals surface area contributed by atoms with Crippen LogP contribution in [-0.4, -0.2) is 35.4 Å². The summed E-state index contributed by atoms with van der Waals surface area (Å²) in [4.78, 5) is 20.1. The number of thiazole rings is 1. The molecule has 0 aliphatic heterocycles. The fraction of sp³-hybridized carbons (Fsp3) is 0.263. The van der Waals surface area contributed by atoms with Gasteiger partial charge in [-0.1, -0.05) is 30.3 Å². The van der Waals surface area contributed by atoms with Crippen molar-refractivity contribution in [1.82, 2.24) is 9.88 Å². The Labute approximate surface area is 175 Å². The SMILES string of the molecule is Cc1sc(-c2ccco2)nc1C(=O)N(CCN)CCc1ccccc1.Cl.Cl. The molecular weight excluding hydrogens is 405 g/mol. The Kier molecular flexibility index (Phi) is 9.52. The van der Waals surface area contributed by atoms with Gasteiger partial charge in [-0.05, 0) is 31.0 Å². The molecule has 1 amide bonds. The van der Waals surface area contributed by atoms with Crippen LogP contribution in [0.15, 0.2) is 53.1 Å². The number of aromatic nitrogens is 1. The van der Waals surface area contributed by atoms with E-state index >= 15 is 0 Å². The van der Waals surface area contributed by atoms with E-state index < -0.39 is 0 Å². The first-order valence-corrected chi connectivity index (χ1v) is 9.05. The molecule has 0 aliphatic carbocycles. The number of carbonyl (C=O) groups excluding carboxylic acids is 1.